The standard InChI is InChI=1S/C13H20O/c1-5-9-13(3,4)11-8-6-7-10(2)12(11)14/h6-8,14H,5,9H2,1-4H3. The number of phenols is 1. The zero-order valence-corrected chi connectivity index (χ0v) is 9.59. The van der Waals surface area contributed by atoms with Gasteiger partial charge in [0.15, 0.2) is 0 Å². The minimum atomic E-state index is 0.0743. The fraction of sp³-hybridized carbons (Fsp3) is 0.538. The van der Waals surface area contributed by atoms with E-state index in [0.29, 0.717) is 5.75 Å². The molecule has 1 heteroatoms. The van der Waals surface area contributed by atoms with Crippen molar-refractivity contribution in [2.24, 2.45) is 0 Å². The zero-order valence-electron chi connectivity index (χ0n) is 9.59. The van der Waals surface area contributed by atoms with Gasteiger partial charge < -0.3 is 5.11 Å². The Labute approximate surface area is 86.8 Å². The Morgan fingerprint density at radius 2 is 1.93 bits per heavy atom. The monoisotopic (exact) mass is 192 g/mol. The Kier molecular flexibility index (Phi) is 3.20. The molecule has 0 saturated heterocycles. The van der Waals surface area contributed by atoms with E-state index in [-0.39, 0.29) is 5.41 Å². The average Bonchev–Trinajstić information content (AvgIpc) is 2.09. The quantitative estimate of drug-likeness (QED) is 0.772. The molecular weight excluding hydrogens is 172 g/mol. The van der Waals surface area contributed by atoms with Crippen LogP contribution in [0.25, 0.3) is 0 Å². The molecule has 14 heavy (non-hydrogen) atoms. The van der Waals surface area contributed by atoms with Crippen LogP contribution >= 0.6 is 0 Å². The number of phenolic OH excluding ortho intramolecular Hbond substituents is 1. The Bertz CT molecular complexity index is 313. The number of hydrogen-bond acceptors (Lipinski definition) is 1. The Balaban J connectivity index is 3.12. The minimum Gasteiger partial charge on any atom is -0.507 e. The third-order valence-corrected chi connectivity index (χ3v) is 2.84. The van der Waals surface area contributed by atoms with Gasteiger partial charge in [0.05, 0.1) is 0 Å². The Morgan fingerprint density at radius 1 is 1.29 bits per heavy atom. The molecule has 0 spiro atoms. The summed E-state index contributed by atoms with van der Waals surface area (Å²) in [5, 5.41) is 9.96. The van der Waals surface area contributed by atoms with E-state index in [1.807, 2.05) is 25.1 Å². The largest absolute Gasteiger partial charge is 0.507 e. The maximum Gasteiger partial charge on any atom is 0.122 e. The van der Waals surface area contributed by atoms with Crippen molar-refractivity contribution in [3.63, 3.8) is 0 Å². The minimum absolute atomic E-state index is 0.0743. The molecule has 1 N–H and O–H groups in total. The molecule has 0 unspecified atom stereocenters. The molecule has 0 aromatic heterocycles. The van der Waals surface area contributed by atoms with Gasteiger partial charge in [-0.25, -0.2) is 0 Å². The maximum atomic E-state index is 9.96. The smallest absolute Gasteiger partial charge is 0.122 e. The van der Waals surface area contributed by atoms with Crippen LogP contribution in [-0.4, -0.2) is 5.11 Å². The summed E-state index contributed by atoms with van der Waals surface area (Å²) >= 11 is 0. The first-order valence-corrected chi connectivity index (χ1v) is 5.28. The molecule has 0 aliphatic rings. The predicted octanol–water partition coefficient (Wildman–Crippen LogP) is 3.78. The predicted molar refractivity (Wildman–Crippen MR) is 60.8 cm³/mol. The summed E-state index contributed by atoms with van der Waals surface area (Å²) in [6, 6.07) is 5.99. The van der Waals surface area contributed by atoms with Gasteiger partial charge in [-0.2, -0.15) is 0 Å². The van der Waals surface area contributed by atoms with Crippen LogP contribution in [0, 0.1) is 6.92 Å². The first-order chi connectivity index (χ1) is 6.49. The van der Waals surface area contributed by atoms with Gasteiger partial charge in [-0.3, -0.25) is 0 Å². The molecule has 78 valence electrons. The number of aromatic hydroxyl groups is 1. The fourth-order valence-corrected chi connectivity index (χ4v) is 1.96. The number of aryl methyl sites for hydroxylation is 1. The molecule has 0 amide bonds. The van der Waals surface area contributed by atoms with E-state index in [1.54, 1.807) is 0 Å². The lowest BCUT2D eigenvalue weighted by Gasteiger charge is -2.26. The van der Waals surface area contributed by atoms with Crippen LogP contribution in [0.4, 0.5) is 0 Å². The van der Waals surface area contributed by atoms with Gasteiger partial charge >= 0.3 is 0 Å². The molecular formula is C13H20O. The first kappa shape index (κ1) is 11.1. The summed E-state index contributed by atoms with van der Waals surface area (Å²) in [6.45, 7) is 8.49. The van der Waals surface area contributed by atoms with Gasteiger partial charge in [-0.05, 0) is 29.9 Å². The molecule has 1 aromatic carbocycles. The van der Waals surface area contributed by atoms with Crippen LogP contribution in [-0.2, 0) is 5.41 Å². The molecule has 0 radical (unpaired) electrons. The topological polar surface area (TPSA) is 20.2 Å². The van der Waals surface area contributed by atoms with E-state index >= 15 is 0 Å². The summed E-state index contributed by atoms with van der Waals surface area (Å²) in [5.41, 5.74) is 2.11. The molecule has 0 bridgehead atoms. The lowest BCUT2D eigenvalue weighted by molar-refractivity contribution is 0.415. The van der Waals surface area contributed by atoms with E-state index in [9.17, 15) is 5.11 Å². The summed E-state index contributed by atoms with van der Waals surface area (Å²) in [7, 11) is 0. The third kappa shape index (κ3) is 2.09. The summed E-state index contributed by atoms with van der Waals surface area (Å²) < 4.78 is 0. The Morgan fingerprint density at radius 3 is 2.50 bits per heavy atom. The lowest BCUT2D eigenvalue weighted by Crippen LogP contribution is -2.16. The highest BCUT2D eigenvalue weighted by Crippen LogP contribution is 2.35. The van der Waals surface area contributed by atoms with Gasteiger partial charge in [0.25, 0.3) is 0 Å². The SMILES string of the molecule is CCCC(C)(C)c1cccc(C)c1O. The third-order valence-electron chi connectivity index (χ3n) is 2.84. The number of rotatable bonds is 3. The van der Waals surface area contributed by atoms with Gasteiger partial charge in [0, 0.05) is 0 Å². The first-order valence-electron chi connectivity index (χ1n) is 5.28. The second-order valence-electron chi connectivity index (χ2n) is 4.60. The number of para-hydroxylation sites is 1. The van der Waals surface area contributed by atoms with Crippen molar-refractivity contribution in [1.29, 1.82) is 0 Å². The summed E-state index contributed by atoms with van der Waals surface area (Å²) in [5.74, 6) is 0.464. The fourth-order valence-electron chi connectivity index (χ4n) is 1.96. The van der Waals surface area contributed by atoms with Crippen molar-refractivity contribution in [2.75, 3.05) is 0 Å². The van der Waals surface area contributed by atoms with Gasteiger partial charge in [0.1, 0.15) is 5.75 Å². The highest BCUT2D eigenvalue weighted by Gasteiger charge is 2.23. The van der Waals surface area contributed by atoms with Crippen LogP contribution in [0.1, 0.15) is 44.7 Å². The molecule has 0 fully saturated rings. The second kappa shape index (κ2) is 4.04. The average molecular weight is 192 g/mol. The van der Waals surface area contributed by atoms with Crippen LogP contribution in [0.15, 0.2) is 18.2 Å². The molecule has 1 aromatic rings. The molecule has 0 saturated carbocycles. The Hall–Kier alpha value is -0.980. The molecule has 1 nitrogen and oxygen atoms in total. The van der Waals surface area contributed by atoms with E-state index in [0.717, 1.165) is 24.0 Å². The van der Waals surface area contributed by atoms with E-state index in [4.69, 9.17) is 0 Å². The summed E-state index contributed by atoms with van der Waals surface area (Å²) in [4.78, 5) is 0. The highest BCUT2D eigenvalue weighted by atomic mass is 16.3. The summed E-state index contributed by atoms with van der Waals surface area (Å²) in [6.07, 6.45) is 2.24. The molecule has 0 heterocycles. The van der Waals surface area contributed by atoms with Crippen LogP contribution in [0.2, 0.25) is 0 Å². The number of hydrogen-bond donors (Lipinski definition) is 1. The van der Waals surface area contributed by atoms with Crippen molar-refractivity contribution < 1.29 is 5.11 Å². The second-order valence-corrected chi connectivity index (χ2v) is 4.60. The van der Waals surface area contributed by atoms with Crippen molar-refractivity contribution in [3.8, 4) is 5.75 Å². The molecule has 1 rings (SSSR count). The van der Waals surface area contributed by atoms with Crippen LogP contribution in [0.3, 0.4) is 0 Å². The molecule has 0 aliphatic carbocycles. The normalized spacial score (nSPS) is 11.7. The lowest BCUT2D eigenvalue weighted by atomic mass is 9.79. The number of benzene rings is 1. The molecule has 0 aliphatic heterocycles. The van der Waals surface area contributed by atoms with Gasteiger partial charge in [-0.1, -0.05) is 45.4 Å². The van der Waals surface area contributed by atoms with Crippen molar-refractivity contribution in [1.82, 2.24) is 0 Å². The van der Waals surface area contributed by atoms with E-state index in [2.05, 4.69) is 20.8 Å². The van der Waals surface area contributed by atoms with Gasteiger partial charge in [0.2, 0.25) is 0 Å². The van der Waals surface area contributed by atoms with Crippen LogP contribution < -0.4 is 0 Å². The zero-order chi connectivity index (χ0) is 10.8. The van der Waals surface area contributed by atoms with E-state index in [1.165, 1.54) is 0 Å². The maximum absolute atomic E-state index is 9.96. The van der Waals surface area contributed by atoms with Crippen LogP contribution in [0.5, 0.6) is 5.75 Å². The van der Waals surface area contributed by atoms with E-state index < -0.39 is 0 Å². The molecule has 0 atom stereocenters. The van der Waals surface area contributed by atoms with Gasteiger partial charge in [-0.15, -0.1) is 0 Å². The van der Waals surface area contributed by atoms with Crippen molar-refractivity contribution in [2.45, 2.75) is 46.0 Å². The highest BCUT2D eigenvalue weighted by molar-refractivity contribution is 5.43. The van der Waals surface area contributed by atoms with Crippen molar-refractivity contribution >= 4 is 0 Å². The van der Waals surface area contributed by atoms with Crippen molar-refractivity contribution in [3.05, 3.63) is 29.3 Å².